The summed E-state index contributed by atoms with van der Waals surface area (Å²) in [5.74, 6) is -0.608. The fourth-order valence-electron chi connectivity index (χ4n) is 1.04. The molecular formula is C10H13BrN2O4S. The van der Waals surface area contributed by atoms with Crippen LogP contribution in [0.1, 0.15) is 13.3 Å². The van der Waals surface area contributed by atoms with Crippen molar-refractivity contribution in [3.05, 3.63) is 22.9 Å². The molecule has 1 heterocycles. The molecule has 0 saturated carbocycles. The van der Waals surface area contributed by atoms with Gasteiger partial charge in [0.1, 0.15) is 11.4 Å². The van der Waals surface area contributed by atoms with Gasteiger partial charge in [0.25, 0.3) is 0 Å². The molecule has 1 aromatic rings. The van der Waals surface area contributed by atoms with Crippen LogP contribution in [0.15, 0.2) is 27.8 Å². The Morgan fingerprint density at radius 2 is 2.22 bits per heavy atom. The van der Waals surface area contributed by atoms with E-state index in [1.54, 1.807) is 0 Å². The molecule has 0 spiro atoms. The van der Waals surface area contributed by atoms with Gasteiger partial charge in [0.05, 0.1) is 6.61 Å². The zero-order chi connectivity index (χ0) is 13.6. The Kier molecular flexibility index (Phi) is 5.70. The number of nitrogens with one attached hydrogen (secondary N) is 1. The summed E-state index contributed by atoms with van der Waals surface area (Å²) in [5.41, 5.74) is 0. The molecule has 0 aliphatic heterocycles. The molecule has 1 aromatic heterocycles. The van der Waals surface area contributed by atoms with Crippen molar-refractivity contribution < 1.29 is 17.9 Å². The maximum Gasteiger partial charge on any atom is 0.321 e. The zero-order valence-corrected chi connectivity index (χ0v) is 12.1. The largest absolute Gasteiger partial charge is 0.465 e. The number of pyridine rings is 1. The smallest absolute Gasteiger partial charge is 0.321 e. The molecule has 8 heteroatoms. The number of carbonyl (C=O) groups is 1. The van der Waals surface area contributed by atoms with Gasteiger partial charge < -0.3 is 4.74 Å². The summed E-state index contributed by atoms with van der Waals surface area (Å²) in [6, 6.07) is 1.40. The highest BCUT2D eigenvalue weighted by molar-refractivity contribution is 9.10. The van der Waals surface area contributed by atoms with E-state index in [1.165, 1.54) is 18.5 Å². The van der Waals surface area contributed by atoms with Gasteiger partial charge in [0.2, 0.25) is 10.0 Å². The molecule has 0 unspecified atom stereocenters. The number of halogens is 1. The van der Waals surface area contributed by atoms with Crippen molar-refractivity contribution in [2.45, 2.75) is 18.2 Å². The number of carbonyl (C=O) groups excluding carboxylic acids is 1. The molecule has 0 aliphatic rings. The van der Waals surface area contributed by atoms with Crippen molar-refractivity contribution in [3.63, 3.8) is 0 Å². The number of esters is 1. The van der Waals surface area contributed by atoms with Crippen molar-refractivity contribution in [3.8, 4) is 0 Å². The van der Waals surface area contributed by atoms with Crippen molar-refractivity contribution in [1.29, 1.82) is 0 Å². The molecule has 0 fully saturated rings. The monoisotopic (exact) mass is 336 g/mol. The van der Waals surface area contributed by atoms with Crippen molar-refractivity contribution in [2.75, 3.05) is 13.2 Å². The van der Waals surface area contributed by atoms with Gasteiger partial charge in [-0.25, -0.2) is 8.42 Å². The molecule has 0 radical (unpaired) electrons. The summed E-state index contributed by atoms with van der Waals surface area (Å²) < 4.78 is 31.0. The normalized spacial score (nSPS) is 11.2. The average molecular weight is 337 g/mol. The molecule has 0 aromatic carbocycles. The van der Waals surface area contributed by atoms with E-state index in [0.29, 0.717) is 10.9 Å². The fraction of sp³-hybridized carbons (Fsp3) is 0.400. The second-order valence-electron chi connectivity index (χ2n) is 3.38. The summed E-state index contributed by atoms with van der Waals surface area (Å²) in [6.45, 7) is 1.73. The third kappa shape index (κ3) is 4.71. The van der Waals surface area contributed by atoms with Crippen LogP contribution in [0.4, 0.5) is 0 Å². The third-order valence-corrected chi connectivity index (χ3v) is 3.67. The van der Waals surface area contributed by atoms with E-state index < -0.39 is 22.5 Å². The third-order valence-electron chi connectivity index (χ3n) is 1.86. The molecule has 1 N–H and O–H groups in total. The highest BCUT2D eigenvalue weighted by atomic mass is 79.9. The Balaban J connectivity index is 2.63. The number of rotatable bonds is 6. The first kappa shape index (κ1) is 15.1. The highest BCUT2D eigenvalue weighted by Gasteiger charge is 2.16. The van der Waals surface area contributed by atoms with Crippen molar-refractivity contribution in [2.24, 2.45) is 0 Å². The van der Waals surface area contributed by atoms with Gasteiger partial charge >= 0.3 is 5.97 Å². The predicted molar refractivity (Wildman–Crippen MR) is 68.4 cm³/mol. The van der Waals surface area contributed by atoms with Crippen LogP contribution in [0.5, 0.6) is 0 Å². The van der Waals surface area contributed by atoms with Crippen LogP contribution in [0.25, 0.3) is 0 Å². The second-order valence-corrected chi connectivity index (χ2v) is 6.07. The Morgan fingerprint density at radius 3 is 2.83 bits per heavy atom. The van der Waals surface area contributed by atoms with E-state index in [-0.39, 0.29) is 11.5 Å². The van der Waals surface area contributed by atoms with Crippen molar-refractivity contribution >= 4 is 31.9 Å². The van der Waals surface area contributed by atoms with Crippen LogP contribution < -0.4 is 4.72 Å². The van der Waals surface area contributed by atoms with Gasteiger partial charge in [0.15, 0.2) is 0 Å². The topological polar surface area (TPSA) is 85.4 Å². The Bertz CT molecular complexity index is 518. The number of sulfonamides is 1. The van der Waals surface area contributed by atoms with Crippen LogP contribution >= 0.6 is 15.9 Å². The first-order valence-corrected chi connectivity index (χ1v) is 7.49. The van der Waals surface area contributed by atoms with Crippen LogP contribution in [-0.2, 0) is 19.6 Å². The number of aromatic nitrogens is 1. The van der Waals surface area contributed by atoms with Gasteiger partial charge in [-0.15, -0.1) is 0 Å². The van der Waals surface area contributed by atoms with Gasteiger partial charge in [-0.05, 0) is 28.4 Å². The quantitative estimate of drug-likeness (QED) is 0.785. The minimum atomic E-state index is -3.75. The second kappa shape index (κ2) is 6.81. The molecular weight excluding hydrogens is 324 g/mol. The van der Waals surface area contributed by atoms with Gasteiger partial charge in [-0.2, -0.15) is 4.72 Å². The van der Waals surface area contributed by atoms with Gasteiger partial charge in [0, 0.05) is 16.9 Å². The molecule has 0 bridgehead atoms. The maximum atomic E-state index is 11.8. The summed E-state index contributed by atoms with van der Waals surface area (Å²) in [6.07, 6.45) is 3.35. The number of ether oxygens (including phenoxy) is 1. The predicted octanol–water partition coefficient (Wildman–Crippen LogP) is 1.08. The molecule has 6 nitrogen and oxygen atoms in total. The SMILES string of the molecule is CCCOC(=O)CNS(=O)(=O)c1cncc(Br)c1. The van der Waals surface area contributed by atoms with Crippen LogP contribution in [-0.4, -0.2) is 32.5 Å². The Hall–Kier alpha value is -0.990. The van der Waals surface area contributed by atoms with Gasteiger partial charge in [-0.3, -0.25) is 9.78 Å². The summed E-state index contributed by atoms with van der Waals surface area (Å²) in [5, 5.41) is 0. The standard InChI is InChI=1S/C10H13BrN2O4S/c1-2-3-17-10(14)7-13-18(15,16)9-4-8(11)5-12-6-9/h4-6,13H,2-3,7H2,1H3. The first-order valence-electron chi connectivity index (χ1n) is 5.21. The lowest BCUT2D eigenvalue weighted by Crippen LogP contribution is -2.30. The number of hydrogen-bond donors (Lipinski definition) is 1. The van der Waals surface area contributed by atoms with Crippen molar-refractivity contribution in [1.82, 2.24) is 9.71 Å². The fourth-order valence-corrected chi connectivity index (χ4v) is 2.52. The molecule has 0 aliphatic carbocycles. The lowest BCUT2D eigenvalue weighted by molar-refractivity contribution is -0.142. The first-order chi connectivity index (χ1) is 8.45. The molecule has 1 rings (SSSR count). The minimum absolute atomic E-state index is 0.0137. The summed E-state index contributed by atoms with van der Waals surface area (Å²) in [7, 11) is -3.75. The van der Waals surface area contributed by atoms with Gasteiger partial charge in [-0.1, -0.05) is 6.92 Å². The molecule has 100 valence electrons. The highest BCUT2D eigenvalue weighted by Crippen LogP contribution is 2.13. The Morgan fingerprint density at radius 1 is 1.50 bits per heavy atom. The van der Waals surface area contributed by atoms with E-state index in [4.69, 9.17) is 4.74 Å². The van der Waals surface area contributed by atoms with E-state index in [1.807, 2.05) is 6.92 Å². The van der Waals surface area contributed by atoms with Crippen LogP contribution in [0, 0.1) is 0 Å². The van der Waals surface area contributed by atoms with E-state index in [9.17, 15) is 13.2 Å². The van der Waals surface area contributed by atoms with Crippen LogP contribution in [0.3, 0.4) is 0 Å². The molecule has 0 atom stereocenters. The lowest BCUT2D eigenvalue weighted by atomic mass is 10.5. The Labute approximate surface area is 114 Å². The average Bonchev–Trinajstić information content (AvgIpc) is 2.34. The van der Waals surface area contributed by atoms with E-state index in [2.05, 4.69) is 25.6 Å². The van der Waals surface area contributed by atoms with E-state index in [0.717, 1.165) is 0 Å². The summed E-state index contributed by atoms with van der Waals surface area (Å²) >= 11 is 3.12. The minimum Gasteiger partial charge on any atom is -0.465 e. The zero-order valence-electron chi connectivity index (χ0n) is 9.72. The number of nitrogens with zero attached hydrogens (tertiary/aromatic N) is 1. The number of hydrogen-bond acceptors (Lipinski definition) is 5. The molecule has 0 saturated heterocycles. The molecule has 0 amide bonds. The van der Waals surface area contributed by atoms with Crippen LogP contribution in [0.2, 0.25) is 0 Å². The summed E-state index contributed by atoms with van der Waals surface area (Å²) in [4.78, 5) is 14.9. The lowest BCUT2D eigenvalue weighted by Gasteiger charge is -2.06. The molecule has 18 heavy (non-hydrogen) atoms. The maximum absolute atomic E-state index is 11.8. The van der Waals surface area contributed by atoms with E-state index >= 15 is 0 Å².